The number of halogens is 1. The summed E-state index contributed by atoms with van der Waals surface area (Å²) in [6.07, 6.45) is 4.37. The van der Waals surface area contributed by atoms with Gasteiger partial charge in [-0.2, -0.15) is 5.26 Å². The van der Waals surface area contributed by atoms with Crippen molar-refractivity contribution in [3.05, 3.63) is 57.3 Å². The van der Waals surface area contributed by atoms with Gasteiger partial charge in [-0.25, -0.2) is 0 Å². The first-order valence-electron chi connectivity index (χ1n) is 8.88. The summed E-state index contributed by atoms with van der Waals surface area (Å²) < 4.78 is 6.13. The number of nitrogens with two attached hydrogens (primary N) is 2. The van der Waals surface area contributed by atoms with Gasteiger partial charge in [-0.1, -0.05) is 18.2 Å². The van der Waals surface area contributed by atoms with E-state index in [1.165, 1.54) is 23.3 Å². The third kappa shape index (κ3) is 3.27. The summed E-state index contributed by atoms with van der Waals surface area (Å²) in [7, 11) is 0. The number of nitriles is 1. The van der Waals surface area contributed by atoms with Crippen LogP contribution in [0, 0.1) is 20.3 Å². The number of fused-ring (bicyclic) bond motifs is 1. The van der Waals surface area contributed by atoms with Crippen molar-refractivity contribution in [2.24, 2.45) is 16.9 Å². The Hall–Kier alpha value is -2.87. The van der Waals surface area contributed by atoms with Crippen molar-refractivity contribution in [1.29, 1.82) is 5.26 Å². The molecule has 0 aliphatic carbocycles. The molecule has 2 amide bonds. The minimum Gasteiger partial charge on any atom is -0.465 e. The molecule has 2 aliphatic rings. The van der Waals surface area contributed by atoms with E-state index in [1.807, 2.05) is 6.07 Å². The van der Waals surface area contributed by atoms with Gasteiger partial charge in [0.25, 0.3) is 0 Å². The van der Waals surface area contributed by atoms with Crippen LogP contribution in [0.2, 0.25) is 0 Å². The molecule has 29 heavy (non-hydrogen) atoms. The number of amides is 2. The van der Waals surface area contributed by atoms with Crippen LogP contribution < -0.4 is 11.5 Å². The number of benzene rings is 1. The first-order valence-corrected chi connectivity index (χ1v) is 9.96. The first-order chi connectivity index (χ1) is 13.8. The van der Waals surface area contributed by atoms with E-state index in [9.17, 15) is 19.6 Å². The maximum absolute atomic E-state index is 13.1. The largest absolute Gasteiger partial charge is 0.465 e. The molecule has 150 valence electrons. The molecule has 4 N–H and O–H groups in total. The molecule has 1 aromatic rings. The number of nitrogens with zero attached hydrogens (tertiary/aromatic N) is 2. The topological polar surface area (TPSA) is 140 Å². The van der Waals surface area contributed by atoms with E-state index in [2.05, 4.69) is 28.7 Å². The van der Waals surface area contributed by atoms with Gasteiger partial charge in [-0.15, -0.1) is 0 Å². The number of ether oxygens (including phenoxy) is 1. The second kappa shape index (κ2) is 7.87. The summed E-state index contributed by atoms with van der Waals surface area (Å²) in [5, 5.41) is 10.3. The van der Waals surface area contributed by atoms with Crippen LogP contribution in [0.3, 0.4) is 0 Å². The quantitative estimate of drug-likeness (QED) is 0.450. The Kier molecular flexibility index (Phi) is 5.66. The third-order valence-electron chi connectivity index (χ3n) is 5.24. The molecule has 1 fully saturated rings. The minimum atomic E-state index is -1.74. The third-order valence-corrected chi connectivity index (χ3v) is 5.91. The zero-order chi connectivity index (χ0) is 21.3. The molecule has 4 atom stereocenters. The van der Waals surface area contributed by atoms with Crippen molar-refractivity contribution in [1.82, 2.24) is 4.90 Å². The van der Waals surface area contributed by atoms with Gasteiger partial charge in [-0.3, -0.25) is 14.4 Å². The highest BCUT2D eigenvalue weighted by molar-refractivity contribution is 14.1. The Morgan fingerprint density at radius 3 is 2.62 bits per heavy atom. The summed E-state index contributed by atoms with van der Waals surface area (Å²) in [5.41, 5.74) is 10.1. The van der Waals surface area contributed by atoms with Crippen molar-refractivity contribution in [2.45, 2.75) is 24.9 Å². The summed E-state index contributed by atoms with van der Waals surface area (Å²) >= 11 is 2.11. The molecule has 2 heterocycles. The Morgan fingerprint density at radius 2 is 2.07 bits per heavy atom. The smallest absolute Gasteiger partial charge is 0.329 e. The van der Waals surface area contributed by atoms with Crippen molar-refractivity contribution in [3.8, 4) is 6.07 Å². The lowest BCUT2D eigenvalue weighted by Gasteiger charge is -2.32. The van der Waals surface area contributed by atoms with Crippen LogP contribution in [0.1, 0.15) is 18.4 Å². The van der Waals surface area contributed by atoms with E-state index in [4.69, 9.17) is 16.2 Å². The van der Waals surface area contributed by atoms with E-state index >= 15 is 0 Å². The molecule has 0 saturated carbocycles. The van der Waals surface area contributed by atoms with E-state index in [1.54, 1.807) is 25.1 Å². The van der Waals surface area contributed by atoms with E-state index < -0.39 is 41.2 Å². The second-order valence-electron chi connectivity index (χ2n) is 6.78. The van der Waals surface area contributed by atoms with Gasteiger partial charge in [-0.05, 0) is 53.3 Å². The average molecular weight is 506 g/mol. The van der Waals surface area contributed by atoms with Crippen LogP contribution in [0.5, 0.6) is 0 Å². The van der Waals surface area contributed by atoms with Gasteiger partial charge in [0.05, 0.1) is 24.3 Å². The highest BCUT2D eigenvalue weighted by Gasteiger charge is 2.66. The molecule has 0 radical (unpaired) electrons. The summed E-state index contributed by atoms with van der Waals surface area (Å²) in [5.74, 6) is -3.07. The Bertz CT molecular complexity index is 983. The zero-order valence-electron chi connectivity index (χ0n) is 15.5. The fourth-order valence-corrected chi connectivity index (χ4v) is 4.67. The number of hydrogen-bond acceptors (Lipinski definition) is 6. The van der Waals surface area contributed by atoms with E-state index in [0.29, 0.717) is 5.56 Å². The highest BCUT2D eigenvalue weighted by Crippen LogP contribution is 2.53. The molecule has 0 unspecified atom stereocenters. The Labute approximate surface area is 181 Å². The van der Waals surface area contributed by atoms with Crippen molar-refractivity contribution >= 4 is 40.4 Å². The number of carbonyl (C=O) groups is 3. The van der Waals surface area contributed by atoms with Crippen LogP contribution >= 0.6 is 22.6 Å². The minimum absolute atomic E-state index is 0.0708. The summed E-state index contributed by atoms with van der Waals surface area (Å²) in [6.45, 7) is 1.71. The molecular formula is C20H19IN4O4. The predicted molar refractivity (Wildman–Crippen MR) is 112 cm³/mol. The van der Waals surface area contributed by atoms with Gasteiger partial charge in [0, 0.05) is 15.7 Å². The molecule has 0 spiro atoms. The second-order valence-corrected chi connectivity index (χ2v) is 8.03. The molecule has 0 aromatic heterocycles. The standard InChI is InChI=1S/C20H19IN4O4/c1-2-29-19(28)20(10-22)14-7-6-12(17(23)26)9-25(14)16(18(24)27)15(20)11-4-3-5-13(21)8-11/h3-9,14-16H,2H2,1H3,(H2,23,26)(H2,24,27)/t14-,15-,16+,20+/m0/s1. The maximum Gasteiger partial charge on any atom is 0.329 e. The van der Waals surface area contributed by atoms with Crippen LogP contribution in [-0.2, 0) is 19.1 Å². The number of esters is 1. The predicted octanol–water partition coefficient (Wildman–Crippen LogP) is 0.925. The fourth-order valence-electron chi connectivity index (χ4n) is 4.11. The normalized spacial score (nSPS) is 27.6. The lowest BCUT2D eigenvalue weighted by Crippen LogP contribution is -2.45. The van der Waals surface area contributed by atoms with Gasteiger partial charge < -0.3 is 21.1 Å². The molecule has 1 saturated heterocycles. The van der Waals surface area contributed by atoms with Crippen LogP contribution in [0.25, 0.3) is 0 Å². The molecular weight excluding hydrogens is 487 g/mol. The molecule has 0 bridgehead atoms. The van der Waals surface area contributed by atoms with Crippen molar-refractivity contribution < 1.29 is 19.1 Å². The van der Waals surface area contributed by atoms with E-state index in [0.717, 1.165) is 3.57 Å². The first kappa shape index (κ1) is 20.9. The zero-order valence-corrected chi connectivity index (χ0v) is 17.7. The highest BCUT2D eigenvalue weighted by atomic mass is 127. The Balaban J connectivity index is 2.30. The summed E-state index contributed by atoms with van der Waals surface area (Å²) in [4.78, 5) is 38.8. The lowest BCUT2D eigenvalue weighted by molar-refractivity contribution is -0.153. The summed E-state index contributed by atoms with van der Waals surface area (Å²) in [6, 6.07) is 7.41. The molecule has 1 aromatic carbocycles. The maximum atomic E-state index is 13.1. The number of primary amides is 2. The van der Waals surface area contributed by atoms with Crippen LogP contribution in [0.4, 0.5) is 0 Å². The Morgan fingerprint density at radius 1 is 1.34 bits per heavy atom. The molecule has 8 nitrogen and oxygen atoms in total. The number of rotatable bonds is 5. The van der Waals surface area contributed by atoms with Crippen molar-refractivity contribution in [3.63, 3.8) is 0 Å². The van der Waals surface area contributed by atoms with Gasteiger partial charge in [0.15, 0.2) is 5.41 Å². The molecule has 3 rings (SSSR count). The lowest BCUT2D eigenvalue weighted by atomic mass is 9.68. The van der Waals surface area contributed by atoms with Crippen LogP contribution in [-0.4, -0.2) is 41.4 Å². The SMILES string of the molecule is CCOC(=O)[C@]1(C#N)[C@@H]2C=CC(C(N)=O)=CN2[C@@H](C(N)=O)[C@@H]1c1cccc(I)c1. The fraction of sp³-hybridized carbons (Fsp3) is 0.300. The van der Waals surface area contributed by atoms with Gasteiger partial charge in [0.2, 0.25) is 11.8 Å². The van der Waals surface area contributed by atoms with Gasteiger partial charge in [0.1, 0.15) is 6.04 Å². The van der Waals surface area contributed by atoms with Crippen LogP contribution in [0.15, 0.2) is 48.2 Å². The number of carbonyl (C=O) groups excluding carboxylic acids is 3. The molecule has 2 aliphatic heterocycles. The average Bonchev–Trinajstić information content (AvgIpc) is 2.99. The van der Waals surface area contributed by atoms with Crippen molar-refractivity contribution in [2.75, 3.05) is 6.61 Å². The van der Waals surface area contributed by atoms with Gasteiger partial charge >= 0.3 is 5.97 Å². The number of hydrogen-bond donors (Lipinski definition) is 2. The van der Waals surface area contributed by atoms with E-state index in [-0.39, 0.29) is 12.2 Å². The molecule has 9 heteroatoms. The monoisotopic (exact) mass is 506 g/mol.